The molecule has 0 fully saturated rings. The van der Waals surface area contributed by atoms with Crippen molar-refractivity contribution in [2.45, 2.75) is 4.90 Å². The minimum Gasteiger partial charge on any atom is -0.378 e. The highest BCUT2D eigenvalue weighted by atomic mass is 35.5. The zero-order valence-electron chi connectivity index (χ0n) is 14.2. The number of nitrogens with one attached hydrogen (secondary N) is 1. The van der Waals surface area contributed by atoms with Gasteiger partial charge >= 0.3 is 0 Å². The Morgan fingerprint density at radius 3 is 2.15 bits per heavy atom. The van der Waals surface area contributed by atoms with E-state index in [0.29, 0.717) is 10.7 Å². The number of anilines is 2. The van der Waals surface area contributed by atoms with E-state index in [1.54, 1.807) is 0 Å². The van der Waals surface area contributed by atoms with Crippen LogP contribution in [0, 0.1) is 0 Å². The van der Waals surface area contributed by atoms with Crippen LogP contribution in [-0.4, -0.2) is 32.5 Å². The van der Waals surface area contributed by atoms with Gasteiger partial charge in [-0.3, -0.25) is 9.71 Å². The predicted octanol–water partition coefficient (Wildman–Crippen LogP) is 3.66. The minimum atomic E-state index is -3.80. The Bertz CT molecular complexity index is 1000. The Balaban J connectivity index is 1.95. The van der Waals surface area contributed by atoms with Crippen LogP contribution >= 0.6 is 11.6 Å². The second-order valence-electron chi connectivity index (χ2n) is 5.75. The molecule has 0 radical (unpaired) electrons. The van der Waals surface area contributed by atoms with Gasteiger partial charge < -0.3 is 4.90 Å². The maximum Gasteiger partial charge on any atom is 0.263 e. The zero-order valence-corrected chi connectivity index (χ0v) is 15.8. The van der Waals surface area contributed by atoms with Gasteiger partial charge in [-0.05, 0) is 36.4 Å². The van der Waals surface area contributed by atoms with Gasteiger partial charge in [0.1, 0.15) is 5.69 Å². The van der Waals surface area contributed by atoms with E-state index in [9.17, 15) is 8.42 Å². The minimum absolute atomic E-state index is 0.0986. The summed E-state index contributed by atoms with van der Waals surface area (Å²) < 4.78 is 27.7. The summed E-state index contributed by atoms with van der Waals surface area (Å²) in [5.41, 5.74) is 2.24. The van der Waals surface area contributed by atoms with Crippen LogP contribution < -0.4 is 9.62 Å². The van der Waals surface area contributed by atoms with Crippen LogP contribution in [0.5, 0.6) is 0 Å². The Morgan fingerprint density at radius 2 is 1.54 bits per heavy atom. The molecule has 8 heteroatoms. The molecule has 0 aliphatic heterocycles. The summed E-state index contributed by atoms with van der Waals surface area (Å²) in [4.78, 5) is 10.5. The lowest BCUT2D eigenvalue weighted by Gasteiger charge is -2.14. The largest absolute Gasteiger partial charge is 0.378 e. The van der Waals surface area contributed by atoms with Gasteiger partial charge in [0.05, 0.1) is 4.90 Å². The fraction of sp³-hybridized carbons (Fsp3) is 0.111. The molecule has 0 bridgehead atoms. The highest BCUT2D eigenvalue weighted by Gasteiger charge is 2.18. The summed E-state index contributed by atoms with van der Waals surface area (Å²) in [5.74, 6) is 0.167. The van der Waals surface area contributed by atoms with Gasteiger partial charge in [-0.25, -0.2) is 13.4 Å². The van der Waals surface area contributed by atoms with Crippen LogP contribution in [-0.2, 0) is 10.0 Å². The van der Waals surface area contributed by atoms with Gasteiger partial charge in [0.15, 0.2) is 5.82 Å². The van der Waals surface area contributed by atoms with Crippen molar-refractivity contribution >= 4 is 33.1 Å². The number of nitrogens with zero attached hydrogens (tertiary/aromatic N) is 3. The smallest absolute Gasteiger partial charge is 0.263 e. The van der Waals surface area contributed by atoms with E-state index in [2.05, 4.69) is 14.7 Å². The number of rotatable bonds is 5. The molecule has 0 aliphatic rings. The number of hydrogen-bond acceptors (Lipinski definition) is 5. The van der Waals surface area contributed by atoms with E-state index in [1.165, 1.54) is 36.7 Å². The van der Waals surface area contributed by atoms with Crippen LogP contribution in [0.25, 0.3) is 11.3 Å². The first-order valence-electron chi connectivity index (χ1n) is 7.74. The molecule has 26 heavy (non-hydrogen) atoms. The first kappa shape index (κ1) is 18.2. The molecule has 2 aromatic carbocycles. The molecule has 1 N–H and O–H groups in total. The normalized spacial score (nSPS) is 11.2. The number of hydrogen-bond donors (Lipinski definition) is 1. The van der Waals surface area contributed by atoms with Crippen LogP contribution in [0.3, 0.4) is 0 Å². The number of aromatic nitrogens is 2. The van der Waals surface area contributed by atoms with E-state index in [0.717, 1.165) is 11.3 Å². The SMILES string of the molecule is CN(C)c1ccc(-c2nccnc2NS(=O)(=O)c2ccc(Cl)cc2)cc1. The van der Waals surface area contributed by atoms with Gasteiger partial charge in [-0.15, -0.1) is 0 Å². The summed E-state index contributed by atoms with van der Waals surface area (Å²) in [6, 6.07) is 13.5. The molecule has 6 nitrogen and oxygen atoms in total. The van der Waals surface area contributed by atoms with Crippen LogP contribution in [0.15, 0.2) is 65.8 Å². The third-order valence-electron chi connectivity index (χ3n) is 3.71. The summed E-state index contributed by atoms with van der Waals surface area (Å²) in [6.45, 7) is 0. The monoisotopic (exact) mass is 388 g/mol. The van der Waals surface area contributed by atoms with Gasteiger partial charge in [-0.2, -0.15) is 0 Å². The number of sulfonamides is 1. The summed E-state index contributed by atoms with van der Waals surface area (Å²) in [6.07, 6.45) is 2.96. The molecule has 0 amide bonds. The highest BCUT2D eigenvalue weighted by molar-refractivity contribution is 7.92. The summed E-state index contributed by atoms with van der Waals surface area (Å²) in [5, 5.41) is 0.463. The summed E-state index contributed by atoms with van der Waals surface area (Å²) in [7, 11) is 0.0933. The van der Waals surface area contributed by atoms with Crippen molar-refractivity contribution in [3.63, 3.8) is 0 Å². The Hall–Kier alpha value is -2.64. The molecule has 0 saturated carbocycles. The third-order valence-corrected chi connectivity index (χ3v) is 5.32. The van der Waals surface area contributed by atoms with Crippen molar-refractivity contribution in [3.8, 4) is 11.3 Å². The first-order chi connectivity index (χ1) is 12.4. The van der Waals surface area contributed by atoms with E-state index >= 15 is 0 Å². The Kier molecular flexibility index (Phi) is 5.11. The van der Waals surface area contributed by atoms with Crippen molar-refractivity contribution in [2.24, 2.45) is 0 Å². The topological polar surface area (TPSA) is 75.2 Å². The molecule has 0 saturated heterocycles. The fourth-order valence-electron chi connectivity index (χ4n) is 2.34. The quantitative estimate of drug-likeness (QED) is 0.721. The Morgan fingerprint density at radius 1 is 0.923 bits per heavy atom. The van der Waals surface area contributed by atoms with Crippen molar-refractivity contribution in [1.82, 2.24) is 9.97 Å². The Labute approximate surface area is 157 Å². The van der Waals surface area contributed by atoms with E-state index in [-0.39, 0.29) is 10.7 Å². The van der Waals surface area contributed by atoms with Gasteiger partial charge in [-0.1, -0.05) is 23.7 Å². The van der Waals surface area contributed by atoms with E-state index in [1.807, 2.05) is 43.3 Å². The maximum atomic E-state index is 12.6. The van der Waals surface area contributed by atoms with Gasteiger partial charge in [0.2, 0.25) is 0 Å². The fourth-order valence-corrected chi connectivity index (χ4v) is 3.48. The first-order valence-corrected chi connectivity index (χ1v) is 9.60. The average molecular weight is 389 g/mol. The van der Waals surface area contributed by atoms with Crippen LogP contribution in [0.1, 0.15) is 0 Å². The molecule has 3 rings (SSSR count). The lowest BCUT2D eigenvalue weighted by molar-refractivity contribution is 0.601. The second kappa shape index (κ2) is 7.31. The molecule has 0 aliphatic carbocycles. The summed E-state index contributed by atoms with van der Waals surface area (Å²) >= 11 is 5.82. The molecular weight excluding hydrogens is 372 g/mol. The van der Waals surface area contributed by atoms with E-state index in [4.69, 9.17) is 11.6 Å². The highest BCUT2D eigenvalue weighted by Crippen LogP contribution is 2.27. The maximum absolute atomic E-state index is 12.6. The molecule has 134 valence electrons. The van der Waals surface area contributed by atoms with Gasteiger partial charge in [0, 0.05) is 42.8 Å². The molecule has 3 aromatic rings. The third kappa shape index (κ3) is 3.95. The number of halogens is 1. The lowest BCUT2D eigenvalue weighted by Crippen LogP contribution is -2.15. The van der Waals surface area contributed by atoms with Crippen molar-refractivity contribution in [3.05, 3.63) is 65.9 Å². The zero-order chi connectivity index (χ0) is 18.7. The molecule has 0 atom stereocenters. The molecule has 1 aromatic heterocycles. The van der Waals surface area contributed by atoms with Crippen molar-refractivity contribution < 1.29 is 8.42 Å². The molecule has 1 heterocycles. The van der Waals surface area contributed by atoms with Crippen LogP contribution in [0.4, 0.5) is 11.5 Å². The van der Waals surface area contributed by atoms with Crippen molar-refractivity contribution in [2.75, 3.05) is 23.7 Å². The lowest BCUT2D eigenvalue weighted by atomic mass is 10.1. The number of benzene rings is 2. The molecular formula is C18H17ClN4O2S. The standard InChI is InChI=1S/C18H17ClN4O2S/c1-23(2)15-7-3-13(4-8-15)17-18(21-12-11-20-17)22-26(24,25)16-9-5-14(19)6-10-16/h3-12H,1-2H3,(H,21,22). The molecule has 0 spiro atoms. The van der Waals surface area contributed by atoms with Crippen molar-refractivity contribution in [1.29, 1.82) is 0 Å². The predicted molar refractivity (Wildman–Crippen MR) is 104 cm³/mol. The second-order valence-corrected chi connectivity index (χ2v) is 7.87. The van der Waals surface area contributed by atoms with Gasteiger partial charge in [0.25, 0.3) is 10.0 Å². The van der Waals surface area contributed by atoms with Crippen LogP contribution in [0.2, 0.25) is 5.02 Å². The molecule has 0 unspecified atom stereocenters. The van der Waals surface area contributed by atoms with E-state index < -0.39 is 10.0 Å². The average Bonchev–Trinajstić information content (AvgIpc) is 2.62.